The van der Waals surface area contributed by atoms with Gasteiger partial charge in [-0.25, -0.2) is 0 Å². The van der Waals surface area contributed by atoms with Crippen LogP contribution in [0.25, 0.3) is 0 Å². The van der Waals surface area contributed by atoms with Gasteiger partial charge in [-0.15, -0.1) is 0 Å². The van der Waals surface area contributed by atoms with E-state index in [1.54, 1.807) is 0 Å². The first-order valence-corrected chi connectivity index (χ1v) is 6.97. The Hall–Kier alpha value is -0.770. The van der Waals surface area contributed by atoms with Crippen LogP contribution < -0.4 is 15.4 Å². The molecule has 1 saturated heterocycles. The number of rotatable bonds is 5. The van der Waals surface area contributed by atoms with Crippen LogP contribution in [0.1, 0.15) is 31.4 Å². The van der Waals surface area contributed by atoms with Crippen molar-refractivity contribution < 1.29 is 4.74 Å². The predicted molar refractivity (Wildman–Crippen MR) is 75.4 cm³/mol. The highest BCUT2D eigenvalue weighted by Gasteiger charge is 2.25. The summed E-state index contributed by atoms with van der Waals surface area (Å²) >= 11 is 6.24. The van der Waals surface area contributed by atoms with Crippen LogP contribution in [0.2, 0.25) is 5.02 Å². The van der Waals surface area contributed by atoms with E-state index in [0.717, 1.165) is 12.3 Å². The summed E-state index contributed by atoms with van der Waals surface area (Å²) in [6, 6.07) is 6.86. The molecule has 1 aliphatic rings. The highest BCUT2D eigenvalue weighted by Crippen LogP contribution is 2.30. The van der Waals surface area contributed by atoms with Gasteiger partial charge in [-0.05, 0) is 51.1 Å². The summed E-state index contributed by atoms with van der Waals surface area (Å²) in [5.41, 5.74) is 1.21. The third-order valence-corrected chi connectivity index (χ3v) is 3.72. The molecule has 2 N–H and O–H groups in total. The van der Waals surface area contributed by atoms with Crippen molar-refractivity contribution in [1.82, 2.24) is 10.6 Å². The van der Waals surface area contributed by atoms with Crippen molar-refractivity contribution in [3.63, 3.8) is 0 Å². The van der Waals surface area contributed by atoms with Crippen LogP contribution >= 0.6 is 11.6 Å². The smallest absolute Gasteiger partial charge is 0.137 e. The van der Waals surface area contributed by atoms with E-state index in [-0.39, 0.29) is 0 Å². The zero-order valence-electron chi connectivity index (χ0n) is 11.0. The van der Waals surface area contributed by atoms with Crippen molar-refractivity contribution in [2.45, 2.75) is 31.8 Å². The molecule has 1 fully saturated rings. The number of benzene rings is 1. The molecule has 1 heterocycles. The Bertz CT molecular complexity index is 391. The molecule has 18 heavy (non-hydrogen) atoms. The summed E-state index contributed by atoms with van der Waals surface area (Å²) in [6.07, 6.45) is 2.45. The Morgan fingerprint density at radius 1 is 1.56 bits per heavy atom. The maximum atomic E-state index is 6.24. The molecule has 0 aliphatic carbocycles. The molecular formula is C14H21ClN2O. The molecule has 0 saturated carbocycles. The number of ether oxygens (including phenoxy) is 1. The molecule has 2 rings (SSSR count). The number of likely N-dealkylation sites (N-methyl/N-ethyl adjacent to an activating group) is 1. The van der Waals surface area contributed by atoms with Crippen molar-refractivity contribution in [2.75, 3.05) is 20.2 Å². The maximum absolute atomic E-state index is 6.24. The fraction of sp³-hybridized carbons (Fsp3) is 0.571. The second-order valence-electron chi connectivity index (χ2n) is 4.59. The van der Waals surface area contributed by atoms with E-state index in [9.17, 15) is 0 Å². The lowest BCUT2D eigenvalue weighted by Crippen LogP contribution is -2.36. The molecule has 0 bridgehead atoms. The van der Waals surface area contributed by atoms with E-state index < -0.39 is 0 Å². The average Bonchev–Trinajstić information content (AvgIpc) is 2.87. The van der Waals surface area contributed by atoms with Crippen LogP contribution in [0.3, 0.4) is 0 Å². The Balaban J connectivity index is 2.17. The molecule has 2 unspecified atom stereocenters. The van der Waals surface area contributed by atoms with E-state index >= 15 is 0 Å². The van der Waals surface area contributed by atoms with Gasteiger partial charge in [0, 0.05) is 12.1 Å². The van der Waals surface area contributed by atoms with E-state index in [2.05, 4.69) is 16.7 Å². The second-order valence-corrected chi connectivity index (χ2v) is 5.00. The van der Waals surface area contributed by atoms with Crippen molar-refractivity contribution in [1.29, 1.82) is 0 Å². The van der Waals surface area contributed by atoms with Gasteiger partial charge in [0.1, 0.15) is 5.75 Å². The number of nitrogens with one attached hydrogen (secondary N) is 2. The van der Waals surface area contributed by atoms with Crippen LogP contribution in [0.5, 0.6) is 5.75 Å². The lowest BCUT2D eigenvalue weighted by Gasteiger charge is -2.24. The number of hydrogen-bond donors (Lipinski definition) is 2. The third-order valence-electron chi connectivity index (χ3n) is 3.43. The molecule has 1 aromatic carbocycles. The third kappa shape index (κ3) is 2.97. The topological polar surface area (TPSA) is 33.3 Å². The summed E-state index contributed by atoms with van der Waals surface area (Å²) in [4.78, 5) is 0. The van der Waals surface area contributed by atoms with Crippen LogP contribution in [0.15, 0.2) is 18.2 Å². The highest BCUT2D eigenvalue weighted by molar-refractivity contribution is 6.32. The van der Waals surface area contributed by atoms with E-state index in [1.807, 2.05) is 26.1 Å². The van der Waals surface area contributed by atoms with Gasteiger partial charge in [0.2, 0.25) is 0 Å². The molecule has 0 radical (unpaired) electrons. The molecule has 1 aliphatic heterocycles. The molecule has 3 nitrogen and oxygen atoms in total. The fourth-order valence-electron chi connectivity index (χ4n) is 2.58. The van der Waals surface area contributed by atoms with E-state index in [0.29, 0.717) is 23.7 Å². The largest absolute Gasteiger partial charge is 0.492 e. The Morgan fingerprint density at radius 3 is 2.94 bits per heavy atom. The minimum Gasteiger partial charge on any atom is -0.492 e. The number of hydrogen-bond acceptors (Lipinski definition) is 3. The van der Waals surface area contributed by atoms with Crippen LogP contribution in [-0.2, 0) is 0 Å². The molecule has 100 valence electrons. The van der Waals surface area contributed by atoms with Crippen molar-refractivity contribution in [2.24, 2.45) is 0 Å². The minimum atomic E-state index is 0.306. The highest BCUT2D eigenvalue weighted by atomic mass is 35.5. The first kappa shape index (κ1) is 13.7. The monoisotopic (exact) mass is 268 g/mol. The van der Waals surface area contributed by atoms with Crippen molar-refractivity contribution >= 4 is 11.6 Å². The van der Waals surface area contributed by atoms with Gasteiger partial charge in [-0.3, -0.25) is 0 Å². The molecule has 4 heteroatoms. The van der Waals surface area contributed by atoms with Gasteiger partial charge in [0.05, 0.1) is 11.6 Å². The summed E-state index contributed by atoms with van der Waals surface area (Å²) in [5, 5.41) is 7.59. The molecule has 1 aromatic rings. The van der Waals surface area contributed by atoms with Crippen molar-refractivity contribution in [3.8, 4) is 5.75 Å². The average molecular weight is 269 g/mol. The van der Waals surface area contributed by atoms with Gasteiger partial charge >= 0.3 is 0 Å². The fourth-order valence-corrected chi connectivity index (χ4v) is 2.82. The van der Waals surface area contributed by atoms with Gasteiger partial charge in [0.15, 0.2) is 0 Å². The predicted octanol–water partition coefficient (Wildman–Crippen LogP) is 2.75. The van der Waals surface area contributed by atoms with Gasteiger partial charge in [-0.2, -0.15) is 0 Å². The number of halogens is 1. The van der Waals surface area contributed by atoms with Gasteiger partial charge in [0.25, 0.3) is 0 Å². The van der Waals surface area contributed by atoms with E-state index in [4.69, 9.17) is 16.3 Å². The molecule has 0 aromatic heterocycles. The molecule has 0 spiro atoms. The quantitative estimate of drug-likeness (QED) is 0.862. The summed E-state index contributed by atoms with van der Waals surface area (Å²) in [6.45, 7) is 3.70. The van der Waals surface area contributed by atoms with Crippen LogP contribution in [-0.4, -0.2) is 26.2 Å². The van der Waals surface area contributed by atoms with Crippen molar-refractivity contribution in [3.05, 3.63) is 28.8 Å². The lowest BCUT2D eigenvalue weighted by molar-refractivity contribution is 0.340. The van der Waals surface area contributed by atoms with Crippen LogP contribution in [0, 0.1) is 0 Å². The second kappa shape index (κ2) is 6.41. The Kier molecular flexibility index (Phi) is 4.87. The zero-order chi connectivity index (χ0) is 13.0. The first-order chi connectivity index (χ1) is 8.76. The zero-order valence-corrected chi connectivity index (χ0v) is 11.8. The molecule has 0 amide bonds. The summed E-state index contributed by atoms with van der Waals surface area (Å²) in [5.74, 6) is 0.761. The van der Waals surface area contributed by atoms with Gasteiger partial charge < -0.3 is 15.4 Å². The molecular weight excluding hydrogens is 248 g/mol. The Labute approximate surface area is 114 Å². The summed E-state index contributed by atoms with van der Waals surface area (Å²) < 4.78 is 5.46. The van der Waals surface area contributed by atoms with E-state index in [1.165, 1.54) is 18.4 Å². The maximum Gasteiger partial charge on any atom is 0.137 e. The normalized spacial score (nSPS) is 20.9. The van der Waals surface area contributed by atoms with Gasteiger partial charge in [-0.1, -0.05) is 17.7 Å². The standard InChI is InChI=1S/C14H21ClN2O/c1-3-18-13-7-6-10(9-11(13)15)14(16-2)12-5-4-8-17-12/h6-7,9,12,14,16-17H,3-5,8H2,1-2H3. The lowest BCUT2D eigenvalue weighted by atomic mass is 9.98. The summed E-state index contributed by atoms with van der Waals surface area (Å²) in [7, 11) is 2.00. The first-order valence-electron chi connectivity index (χ1n) is 6.59. The Morgan fingerprint density at radius 2 is 2.39 bits per heavy atom. The minimum absolute atomic E-state index is 0.306. The SMILES string of the molecule is CCOc1ccc(C(NC)C2CCCN2)cc1Cl. The molecule has 2 atom stereocenters. The van der Waals surface area contributed by atoms with Crippen LogP contribution in [0.4, 0.5) is 0 Å².